The lowest BCUT2D eigenvalue weighted by Crippen LogP contribution is -2.54. The molecule has 1 N–H and O–H groups in total. The van der Waals surface area contributed by atoms with E-state index in [0.717, 1.165) is 4.90 Å². The maximum absolute atomic E-state index is 14.2. The van der Waals surface area contributed by atoms with Gasteiger partial charge in [-0.05, 0) is 80.0 Å². The molecule has 0 aromatic heterocycles. The van der Waals surface area contributed by atoms with E-state index < -0.39 is 17.6 Å². The Morgan fingerprint density at radius 2 is 1.90 bits per heavy atom. The van der Waals surface area contributed by atoms with Gasteiger partial charge in [0, 0.05) is 0 Å². The molecule has 10 heteroatoms. The molecule has 0 spiro atoms. The number of nitrogens with zero attached hydrogens (tertiary/aromatic N) is 2. The van der Waals surface area contributed by atoms with Crippen LogP contribution < -0.4 is 15.0 Å². The van der Waals surface area contributed by atoms with Gasteiger partial charge in [0.2, 0.25) is 0 Å². The highest BCUT2D eigenvalue weighted by Crippen LogP contribution is 2.35. The topological polar surface area (TPSA) is 82.4 Å². The van der Waals surface area contributed by atoms with Crippen molar-refractivity contribution in [3.63, 3.8) is 0 Å². The number of amides is 2. The monoisotopic (exact) mass is 537 g/mol. The second-order valence-corrected chi connectivity index (χ2v) is 7.77. The van der Waals surface area contributed by atoms with E-state index in [1.165, 1.54) is 24.3 Å². The van der Waals surface area contributed by atoms with Gasteiger partial charge in [0.25, 0.3) is 11.8 Å². The number of nitrogens with one attached hydrogen (secondary N) is 1. The molecule has 0 radical (unpaired) electrons. The first kappa shape index (κ1) is 21.1. The highest BCUT2D eigenvalue weighted by molar-refractivity contribution is 9.11. The van der Waals surface area contributed by atoms with Crippen molar-refractivity contribution in [3.8, 4) is 11.8 Å². The number of halogens is 3. The number of benzene rings is 2. The summed E-state index contributed by atoms with van der Waals surface area (Å²) >= 11 is 11.7. The van der Waals surface area contributed by atoms with E-state index in [-0.39, 0.29) is 23.0 Å². The van der Waals surface area contributed by atoms with Gasteiger partial charge >= 0.3 is 0 Å². The Morgan fingerprint density at radius 3 is 2.52 bits per heavy atom. The predicted molar refractivity (Wildman–Crippen MR) is 116 cm³/mol. The average Bonchev–Trinajstić information content (AvgIpc) is 2.66. The highest BCUT2D eigenvalue weighted by Gasteiger charge is 2.35. The lowest BCUT2D eigenvalue weighted by atomic mass is 10.1. The van der Waals surface area contributed by atoms with Gasteiger partial charge in [0.15, 0.2) is 11.7 Å². The van der Waals surface area contributed by atoms with Crippen LogP contribution in [-0.2, 0) is 9.59 Å². The van der Waals surface area contributed by atoms with Gasteiger partial charge in [-0.3, -0.25) is 14.9 Å². The van der Waals surface area contributed by atoms with Crippen LogP contribution in [0.15, 0.2) is 50.9 Å². The van der Waals surface area contributed by atoms with Gasteiger partial charge in [-0.15, -0.1) is 0 Å². The first-order valence-electron chi connectivity index (χ1n) is 7.98. The second kappa shape index (κ2) is 8.82. The quantitative estimate of drug-likeness (QED) is 0.360. The number of para-hydroxylation sites is 1. The summed E-state index contributed by atoms with van der Waals surface area (Å²) in [6, 6.07) is 10.7. The molecule has 29 heavy (non-hydrogen) atoms. The first-order valence-corrected chi connectivity index (χ1v) is 9.97. The third-order valence-corrected chi connectivity index (χ3v) is 5.27. The molecule has 3 rings (SSSR count). The van der Waals surface area contributed by atoms with Crippen molar-refractivity contribution in [1.29, 1.82) is 5.26 Å². The zero-order chi connectivity index (χ0) is 21.1. The largest absolute Gasteiger partial charge is 0.476 e. The van der Waals surface area contributed by atoms with Crippen LogP contribution >= 0.6 is 44.1 Å². The minimum absolute atomic E-state index is 0.0592. The smallest absolute Gasteiger partial charge is 0.270 e. The number of hydrogen-bond donors (Lipinski definition) is 1. The summed E-state index contributed by atoms with van der Waals surface area (Å²) < 4.78 is 20.5. The van der Waals surface area contributed by atoms with E-state index in [1.54, 1.807) is 18.2 Å². The molecule has 146 valence electrons. The molecule has 2 aromatic rings. The Morgan fingerprint density at radius 1 is 1.24 bits per heavy atom. The van der Waals surface area contributed by atoms with Crippen molar-refractivity contribution < 1.29 is 18.7 Å². The number of ether oxygens (including phenoxy) is 1. The predicted octanol–water partition coefficient (Wildman–Crippen LogP) is 4.08. The van der Waals surface area contributed by atoms with E-state index in [4.69, 9.17) is 22.2 Å². The van der Waals surface area contributed by atoms with Crippen LogP contribution in [-0.4, -0.2) is 23.5 Å². The van der Waals surface area contributed by atoms with Crippen molar-refractivity contribution in [1.82, 2.24) is 5.32 Å². The number of nitriles is 1. The molecule has 1 aliphatic rings. The molecule has 1 heterocycles. The van der Waals surface area contributed by atoms with Crippen LogP contribution in [0.3, 0.4) is 0 Å². The zero-order valence-electron chi connectivity index (χ0n) is 14.4. The van der Waals surface area contributed by atoms with Crippen molar-refractivity contribution in [3.05, 3.63) is 62.3 Å². The van der Waals surface area contributed by atoms with E-state index >= 15 is 0 Å². The maximum atomic E-state index is 14.2. The maximum Gasteiger partial charge on any atom is 0.270 e. The van der Waals surface area contributed by atoms with Crippen LogP contribution in [0.1, 0.15) is 5.56 Å². The standard InChI is InChI=1S/C19H10Br2FN3O3S/c20-12-8-10(9-13(21)16(12)28-6-5-23)7-11-17(26)24-19(29)25(18(11)27)15-4-2-1-3-14(15)22/h1-4,7-9H,6H2,(H,24,26,29)/b11-7+. The number of rotatable bonds is 4. The lowest BCUT2D eigenvalue weighted by Gasteiger charge is -2.29. The Balaban J connectivity index is 2.01. The minimum Gasteiger partial charge on any atom is -0.476 e. The third kappa shape index (κ3) is 4.37. The van der Waals surface area contributed by atoms with Crippen molar-refractivity contribution in [2.24, 2.45) is 0 Å². The van der Waals surface area contributed by atoms with Crippen LogP contribution in [0, 0.1) is 17.1 Å². The van der Waals surface area contributed by atoms with Gasteiger partial charge in [0.05, 0.1) is 14.6 Å². The molecular formula is C19H10Br2FN3O3S. The summed E-state index contributed by atoms with van der Waals surface area (Å²) in [6.45, 7) is -0.145. The van der Waals surface area contributed by atoms with E-state index in [0.29, 0.717) is 20.3 Å². The van der Waals surface area contributed by atoms with Crippen LogP contribution in [0.25, 0.3) is 6.08 Å². The van der Waals surface area contributed by atoms with E-state index in [2.05, 4.69) is 37.2 Å². The zero-order valence-corrected chi connectivity index (χ0v) is 18.4. The van der Waals surface area contributed by atoms with Crippen LogP contribution in [0.5, 0.6) is 5.75 Å². The molecule has 0 aliphatic carbocycles. The van der Waals surface area contributed by atoms with Gasteiger partial charge in [0.1, 0.15) is 23.2 Å². The summed E-state index contributed by atoms with van der Waals surface area (Å²) in [4.78, 5) is 26.2. The Labute approximate surface area is 187 Å². The summed E-state index contributed by atoms with van der Waals surface area (Å²) in [5.74, 6) is -1.68. The molecule has 0 unspecified atom stereocenters. The van der Waals surface area contributed by atoms with Gasteiger partial charge in [-0.2, -0.15) is 5.26 Å². The summed E-state index contributed by atoms with van der Waals surface area (Å²) in [6.07, 6.45) is 1.36. The highest BCUT2D eigenvalue weighted by atomic mass is 79.9. The van der Waals surface area contributed by atoms with E-state index in [9.17, 15) is 14.0 Å². The van der Waals surface area contributed by atoms with Crippen molar-refractivity contribution in [2.75, 3.05) is 11.5 Å². The molecule has 6 nitrogen and oxygen atoms in total. The Hall–Kier alpha value is -2.61. The number of carbonyl (C=O) groups is 2. The van der Waals surface area contributed by atoms with Crippen molar-refractivity contribution in [2.45, 2.75) is 0 Å². The van der Waals surface area contributed by atoms with Gasteiger partial charge < -0.3 is 4.74 Å². The molecule has 1 fully saturated rings. The number of carbonyl (C=O) groups excluding carboxylic acids is 2. The number of thiocarbonyl (C=S) groups is 1. The molecule has 0 bridgehead atoms. The Kier molecular flexibility index (Phi) is 6.42. The molecule has 1 saturated heterocycles. The summed E-state index contributed by atoms with van der Waals surface area (Å²) in [5, 5.41) is 10.9. The van der Waals surface area contributed by atoms with Crippen LogP contribution in [0.2, 0.25) is 0 Å². The van der Waals surface area contributed by atoms with Gasteiger partial charge in [-0.1, -0.05) is 12.1 Å². The fraction of sp³-hybridized carbons (Fsp3) is 0.0526. The molecule has 0 saturated carbocycles. The second-order valence-electron chi connectivity index (χ2n) is 5.67. The summed E-state index contributed by atoms with van der Waals surface area (Å²) in [5.41, 5.74) is 0.218. The molecule has 2 amide bonds. The van der Waals surface area contributed by atoms with E-state index in [1.807, 2.05) is 6.07 Å². The molecule has 1 aliphatic heterocycles. The average molecular weight is 539 g/mol. The lowest BCUT2D eigenvalue weighted by molar-refractivity contribution is -0.122. The normalized spacial score (nSPS) is 15.3. The number of anilines is 1. The number of hydrogen-bond acceptors (Lipinski definition) is 5. The molecular weight excluding hydrogens is 529 g/mol. The molecule has 0 atom stereocenters. The SMILES string of the molecule is N#CCOc1c(Br)cc(/C=C2\C(=O)NC(=S)N(c3ccccc3F)C2=O)cc1Br. The van der Waals surface area contributed by atoms with Gasteiger partial charge in [-0.25, -0.2) is 9.29 Å². The fourth-order valence-corrected chi connectivity index (χ4v) is 4.31. The minimum atomic E-state index is -0.749. The van der Waals surface area contributed by atoms with Crippen LogP contribution in [0.4, 0.5) is 10.1 Å². The fourth-order valence-electron chi connectivity index (χ4n) is 2.58. The summed E-state index contributed by atoms with van der Waals surface area (Å²) in [7, 11) is 0. The van der Waals surface area contributed by atoms with Crippen molar-refractivity contribution >= 4 is 72.8 Å². The first-order chi connectivity index (χ1) is 13.8. The molecule has 2 aromatic carbocycles. The third-order valence-electron chi connectivity index (χ3n) is 3.81. The Bertz CT molecular complexity index is 1090.